The molecule has 2 aromatic carbocycles. The van der Waals surface area contributed by atoms with Gasteiger partial charge in [-0.2, -0.15) is 0 Å². The first kappa shape index (κ1) is 17.9. The molecule has 1 fully saturated rings. The van der Waals surface area contributed by atoms with Crippen molar-refractivity contribution >= 4 is 11.9 Å². The Morgan fingerprint density at radius 1 is 1.19 bits per heavy atom. The number of methoxy groups -OCH3 is 1. The number of aliphatic carboxylic acids is 1. The molecule has 7 heteroatoms. The number of halogens is 1. The summed E-state index contributed by atoms with van der Waals surface area (Å²) in [6, 6.07) is 10.3. The van der Waals surface area contributed by atoms with Gasteiger partial charge in [-0.05, 0) is 35.4 Å². The summed E-state index contributed by atoms with van der Waals surface area (Å²) in [4.78, 5) is 25.1. The van der Waals surface area contributed by atoms with Crippen LogP contribution >= 0.6 is 0 Å². The van der Waals surface area contributed by atoms with Gasteiger partial charge >= 0.3 is 5.97 Å². The van der Waals surface area contributed by atoms with Crippen LogP contribution in [0.4, 0.5) is 4.39 Å². The first-order valence-electron chi connectivity index (χ1n) is 8.06. The summed E-state index contributed by atoms with van der Waals surface area (Å²) in [5, 5.41) is 9.23. The molecule has 136 valence electrons. The van der Waals surface area contributed by atoms with Crippen molar-refractivity contribution in [1.29, 1.82) is 0 Å². The van der Waals surface area contributed by atoms with E-state index in [0.717, 1.165) is 10.5 Å². The summed E-state index contributed by atoms with van der Waals surface area (Å²) in [6.07, 6.45) is 0. The number of carboxylic acid groups (broad SMARTS) is 1. The average molecular weight is 359 g/mol. The Kier molecular flexibility index (Phi) is 5.18. The van der Waals surface area contributed by atoms with Crippen molar-refractivity contribution in [3.63, 3.8) is 0 Å². The van der Waals surface area contributed by atoms with Gasteiger partial charge in [-0.15, -0.1) is 0 Å². The average Bonchev–Trinajstić information content (AvgIpc) is 2.67. The molecule has 1 N–H and O–H groups in total. The SMILES string of the molecule is COc1ccc(-c2ccc(C(=O)N3CCOC[C@@H]3C(=O)O)c(F)c2)cc1. The highest BCUT2D eigenvalue weighted by Crippen LogP contribution is 2.25. The van der Waals surface area contributed by atoms with E-state index in [1.165, 1.54) is 12.1 Å². The summed E-state index contributed by atoms with van der Waals surface area (Å²) < 4.78 is 24.8. The Bertz CT molecular complexity index is 821. The smallest absolute Gasteiger partial charge is 0.328 e. The Labute approximate surface area is 149 Å². The zero-order valence-electron chi connectivity index (χ0n) is 14.1. The first-order valence-corrected chi connectivity index (χ1v) is 8.06. The monoisotopic (exact) mass is 359 g/mol. The fraction of sp³-hybridized carbons (Fsp3) is 0.263. The van der Waals surface area contributed by atoms with Crippen LogP contribution in [-0.2, 0) is 9.53 Å². The lowest BCUT2D eigenvalue weighted by Gasteiger charge is -2.33. The normalized spacial score (nSPS) is 17.0. The van der Waals surface area contributed by atoms with Crippen LogP contribution < -0.4 is 4.74 Å². The van der Waals surface area contributed by atoms with Gasteiger partial charge in [0.25, 0.3) is 5.91 Å². The Balaban J connectivity index is 1.86. The fourth-order valence-electron chi connectivity index (χ4n) is 2.86. The molecule has 1 aliphatic rings. The van der Waals surface area contributed by atoms with Crippen molar-refractivity contribution in [2.24, 2.45) is 0 Å². The second-order valence-corrected chi connectivity index (χ2v) is 5.85. The zero-order chi connectivity index (χ0) is 18.7. The van der Waals surface area contributed by atoms with Crippen LogP contribution in [0.15, 0.2) is 42.5 Å². The predicted molar refractivity (Wildman–Crippen MR) is 91.7 cm³/mol. The Morgan fingerprint density at radius 3 is 2.50 bits per heavy atom. The Hall–Kier alpha value is -2.93. The lowest BCUT2D eigenvalue weighted by Crippen LogP contribution is -2.52. The van der Waals surface area contributed by atoms with Gasteiger partial charge in [-0.1, -0.05) is 18.2 Å². The van der Waals surface area contributed by atoms with E-state index < -0.39 is 23.7 Å². The number of carboxylic acids is 1. The molecule has 1 atom stereocenters. The third-order valence-corrected chi connectivity index (χ3v) is 4.30. The quantitative estimate of drug-likeness (QED) is 0.907. The maximum atomic E-state index is 14.6. The van der Waals surface area contributed by atoms with Crippen molar-refractivity contribution in [3.05, 3.63) is 53.8 Å². The number of rotatable bonds is 4. The molecule has 26 heavy (non-hydrogen) atoms. The summed E-state index contributed by atoms with van der Waals surface area (Å²) in [5.74, 6) is -1.83. The maximum Gasteiger partial charge on any atom is 0.328 e. The van der Waals surface area contributed by atoms with E-state index in [-0.39, 0.29) is 25.3 Å². The number of benzene rings is 2. The number of carbonyl (C=O) groups is 2. The standard InChI is InChI=1S/C19H18FNO5/c1-25-14-5-2-12(3-6-14)13-4-7-15(16(20)10-13)18(22)21-8-9-26-11-17(21)19(23)24/h2-7,10,17H,8-9,11H2,1H3,(H,23,24)/t17-/m1/s1. The second kappa shape index (κ2) is 7.53. The lowest BCUT2D eigenvalue weighted by atomic mass is 10.0. The number of nitrogens with zero attached hydrogens (tertiary/aromatic N) is 1. The predicted octanol–water partition coefficient (Wildman–Crippen LogP) is 2.43. The van der Waals surface area contributed by atoms with Gasteiger partial charge in [0.1, 0.15) is 11.6 Å². The van der Waals surface area contributed by atoms with E-state index in [0.29, 0.717) is 11.3 Å². The topological polar surface area (TPSA) is 76.1 Å². The van der Waals surface area contributed by atoms with Gasteiger partial charge in [0.15, 0.2) is 6.04 Å². The van der Waals surface area contributed by atoms with Gasteiger partial charge in [0.05, 0.1) is 25.9 Å². The molecule has 0 saturated carbocycles. The molecular formula is C19H18FNO5. The molecule has 0 aromatic heterocycles. The van der Waals surface area contributed by atoms with Crippen molar-refractivity contribution in [2.45, 2.75) is 6.04 Å². The number of ether oxygens (including phenoxy) is 2. The zero-order valence-corrected chi connectivity index (χ0v) is 14.1. The molecule has 1 aliphatic heterocycles. The molecule has 1 heterocycles. The van der Waals surface area contributed by atoms with Crippen molar-refractivity contribution in [3.8, 4) is 16.9 Å². The minimum Gasteiger partial charge on any atom is -0.497 e. The highest BCUT2D eigenvalue weighted by molar-refractivity contribution is 5.97. The molecule has 6 nitrogen and oxygen atoms in total. The van der Waals surface area contributed by atoms with Crippen molar-refractivity contribution in [1.82, 2.24) is 4.90 Å². The summed E-state index contributed by atoms with van der Waals surface area (Å²) >= 11 is 0. The molecule has 1 amide bonds. The molecule has 0 spiro atoms. The summed E-state index contributed by atoms with van der Waals surface area (Å²) in [6.45, 7) is 0.225. The molecule has 0 unspecified atom stereocenters. The number of hydrogen-bond acceptors (Lipinski definition) is 4. The first-order chi connectivity index (χ1) is 12.5. The van der Waals surface area contributed by atoms with Crippen LogP contribution in [0.5, 0.6) is 5.75 Å². The van der Waals surface area contributed by atoms with Crippen LogP contribution in [0.3, 0.4) is 0 Å². The van der Waals surface area contributed by atoms with E-state index >= 15 is 0 Å². The number of carbonyl (C=O) groups excluding carboxylic acids is 1. The van der Waals surface area contributed by atoms with E-state index in [4.69, 9.17) is 9.47 Å². The van der Waals surface area contributed by atoms with Crippen LogP contribution in [0.1, 0.15) is 10.4 Å². The molecule has 0 bridgehead atoms. The lowest BCUT2D eigenvalue weighted by molar-refractivity contribution is -0.147. The van der Waals surface area contributed by atoms with Gasteiger partial charge in [-0.25, -0.2) is 9.18 Å². The van der Waals surface area contributed by atoms with Gasteiger partial charge in [-0.3, -0.25) is 4.79 Å². The summed E-state index contributed by atoms with van der Waals surface area (Å²) in [5.41, 5.74) is 1.23. The van der Waals surface area contributed by atoms with Gasteiger partial charge < -0.3 is 19.5 Å². The van der Waals surface area contributed by atoms with E-state index in [9.17, 15) is 19.1 Å². The molecule has 0 radical (unpaired) electrons. The third kappa shape index (κ3) is 3.52. The van der Waals surface area contributed by atoms with Gasteiger partial charge in [0, 0.05) is 6.54 Å². The van der Waals surface area contributed by atoms with E-state index in [1.807, 2.05) is 0 Å². The van der Waals surface area contributed by atoms with Gasteiger partial charge in [0.2, 0.25) is 0 Å². The van der Waals surface area contributed by atoms with Crippen molar-refractivity contribution < 1.29 is 28.6 Å². The summed E-state index contributed by atoms with van der Waals surface area (Å²) in [7, 11) is 1.56. The number of amides is 1. The number of morpholine rings is 1. The molecule has 3 rings (SSSR count). The van der Waals surface area contributed by atoms with E-state index in [2.05, 4.69) is 0 Å². The minimum absolute atomic E-state index is 0.105. The van der Waals surface area contributed by atoms with Crippen LogP contribution in [0.25, 0.3) is 11.1 Å². The highest BCUT2D eigenvalue weighted by atomic mass is 19.1. The Morgan fingerprint density at radius 2 is 1.88 bits per heavy atom. The minimum atomic E-state index is -1.17. The molecular weight excluding hydrogens is 341 g/mol. The third-order valence-electron chi connectivity index (χ3n) is 4.30. The fourth-order valence-corrected chi connectivity index (χ4v) is 2.86. The second-order valence-electron chi connectivity index (χ2n) is 5.85. The molecule has 2 aromatic rings. The van der Waals surface area contributed by atoms with Crippen molar-refractivity contribution in [2.75, 3.05) is 26.9 Å². The van der Waals surface area contributed by atoms with Crippen LogP contribution in [-0.4, -0.2) is 54.8 Å². The molecule has 0 aliphatic carbocycles. The maximum absolute atomic E-state index is 14.6. The van der Waals surface area contributed by atoms with Crippen LogP contribution in [0, 0.1) is 5.82 Å². The molecule has 1 saturated heterocycles. The largest absolute Gasteiger partial charge is 0.497 e. The van der Waals surface area contributed by atoms with E-state index in [1.54, 1.807) is 37.4 Å². The number of hydrogen-bond donors (Lipinski definition) is 1. The highest BCUT2D eigenvalue weighted by Gasteiger charge is 2.34. The van der Waals surface area contributed by atoms with Crippen LogP contribution in [0.2, 0.25) is 0 Å².